The fraction of sp³-hybridized carbons (Fsp3) is 0.400. The highest BCUT2D eigenvalue weighted by atomic mass is 32.2. The van der Waals surface area contributed by atoms with Gasteiger partial charge >= 0.3 is 5.97 Å². The molecule has 7 heteroatoms. The van der Waals surface area contributed by atoms with Gasteiger partial charge < -0.3 is 15.0 Å². The van der Waals surface area contributed by atoms with E-state index in [2.05, 4.69) is 17.4 Å². The molecule has 1 unspecified atom stereocenters. The maximum absolute atomic E-state index is 12.5. The Bertz CT molecular complexity index is 973. The van der Waals surface area contributed by atoms with E-state index in [0.29, 0.717) is 6.54 Å². The van der Waals surface area contributed by atoms with Gasteiger partial charge in [-0.2, -0.15) is 0 Å². The normalized spacial score (nSPS) is 19.3. The molecular formula is C25H28N2O4S. The maximum Gasteiger partial charge on any atom is 0.311 e. The van der Waals surface area contributed by atoms with Crippen molar-refractivity contribution in [1.29, 1.82) is 0 Å². The number of ether oxygens (including phenoxy) is 1. The number of amides is 2. The lowest BCUT2D eigenvalue weighted by molar-refractivity contribution is -0.152. The van der Waals surface area contributed by atoms with Crippen molar-refractivity contribution < 1.29 is 19.1 Å². The van der Waals surface area contributed by atoms with Crippen LogP contribution < -0.4 is 10.2 Å². The van der Waals surface area contributed by atoms with Crippen LogP contribution in [-0.4, -0.2) is 43.7 Å². The second-order valence-electron chi connectivity index (χ2n) is 8.49. The van der Waals surface area contributed by atoms with Gasteiger partial charge in [0.15, 0.2) is 6.61 Å². The molecule has 1 heterocycles. The molecule has 1 atom stereocenters. The standard InChI is InChI=1S/C25H28N2O4S/c1-32-21-10-8-20(9-11-21)27-15-18(14-23(27)29)24(30)31-16-22(28)26-17-25(12-5-13-25)19-6-3-2-4-7-19/h2-4,6-11,18H,5,12-17H2,1H3,(H,26,28). The number of anilines is 1. The van der Waals surface area contributed by atoms with Crippen molar-refractivity contribution in [3.63, 3.8) is 0 Å². The molecule has 2 amide bonds. The summed E-state index contributed by atoms with van der Waals surface area (Å²) in [4.78, 5) is 39.9. The topological polar surface area (TPSA) is 75.7 Å². The molecule has 1 N–H and O–H groups in total. The Morgan fingerprint density at radius 3 is 2.47 bits per heavy atom. The van der Waals surface area contributed by atoms with Gasteiger partial charge in [-0.05, 0) is 48.9 Å². The fourth-order valence-corrected chi connectivity index (χ4v) is 4.82. The van der Waals surface area contributed by atoms with Crippen LogP contribution in [0.1, 0.15) is 31.2 Å². The summed E-state index contributed by atoms with van der Waals surface area (Å²) in [6.07, 6.45) is 5.31. The van der Waals surface area contributed by atoms with E-state index in [4.69, 9.17) is 4.74 Å². The van der Waals surface area contributed by atoms with Crippen LogP contribution >= 0.6 is 11.8 Å². The zero-order valence-corrected chi connectivity index (χ0v) is 19.0. The molecule has 4 rings (SSSR count). The van der Waals surface area contributed by atoms with Gasteiger partial charge in [-0.25, -0.2) is 0 Å². The second-order valence-corrected chi connectivity index (χ2v) is 9.37. The number of carbonyl (C=O) groups excluding carboxylic acids is 3. The number of thioether (sulfide) groups is 1. The summed E-state index contributed by atoms with van der Waals surface area (Å²) in [5, 5.41) is 2.93. The molecule has 1 saturated heterocycles. The lowest BCUT2D eigenvalue weighted by Gasteiger charge is -2.42. The van der Waals surface area contributed by atoms with Crippen molar-refractivity contribution >= 4 is 35.2 Å². The largest absolute Gasteiger partial charge is 0.455 e. The predicted octanol–water partition coefficient (Wildman–Crippen LogP) is 3.54. The third kappa shape index (κ3) is 4.83. The van der Waals surface area contributed by atoms with Gasteiger partial charge in [-0.3, -0.25) is 14.4 Å². The van der Waals surface area contributed by atoms with E-state index >= 15 is 0 Å². The molecule has 1 saturated carbocycles. The van der Waals surface area contributed by atoms with Crippen LogP contribution in [0.5, 0.6) is 0 Å². The highest BCUT2D eigenvalue weighted by Crippen LogP contribution is 2.43. The number of rotatable bonds is 8. The zero-order valence-electron chi connectivity index (χ0n) is 18.2. The van der Waals surface area contributed by atoms with Gasteiger partial charge in [-0.1, -0.05) is 36.8 Å². The summed E-state index contributed by atoms with van der Waals surface area (Å²) >= 11 is 1.63. The molecular weight excluding hydrogens is 424 g/mol. The van der Waals surface area contributed by atoms with Gasteiger partial charge in [0.1, 0.15) is 0 Å². The first-order valence-electron chi connectivity index (χ1n) is 10.9. The molecule has 1 aliphatic heterocycles. The third-order valence-corrected chi connectivity index (χ3v) is 7.25. The number of esters is 1. The zero-order chi connectivity index (χ0) is 22.6. The molecule has 0 bridgehead atoms. The van der Waals surface area contributed by atoms with Crippen LogP contribution in [0.25, 0.3) is 0 Å². The molecule has 0 spiro atoms. The van der Waals surface area contributed by atoms with Crippen molar-refractivity contribution in [3.8, 4) is 0 Å². The van der Waals surface area contributed by atoms with Crippen LogP contribution in [0, 0.1) is 5.92 Å². The van der Waals surface area contributed by atoms with Crippen molar-refractivity contribution in [3.05, 3.63) is 60.2 Å². The van der Waals surface area contributed by atoms with Crippen LogP contribution in [0.2, 0.25) is 0 Å². The van der Waals surface area contributed by atoms with Crippen LogP contribution in [-0.2, 0) is 24.5 Å². The van der Waals surface area contributed by atoms with E-state index in [1.54, 1.807) is 16.7 Å². The van der Waals surface area contributed by atoms with Crippen LogP contribution in [0.15, 0.2) is 59.5 Å². The third-order valence-electron chi connectivity index (χ3n) is 6.51. The monoisotopic (exact) mass is 452 g/mol. The Labute approximate surface area is 192 Å². The Hall–Kier alpha value is -2.80. The SMILES string of the molecule is CSc1ccc(N2CC(C(=O)OCC(=O)NCC3(c4ccccc4)CCC3)CC2=O)cc1. The molecule has 2 aromatic rings. The minimum atomic E-state index is -0.558. The van der Waals surface area contributed by atoms with E-state index in [0.717, 1.165) is 29.8 Å². The molecule has 6 nitrogen and oxygen atoms in total. The van der Waals surface area contributed by atoms with E-state index in [-0.39, 0.29) is 36.8 Å². The molecule has 32 heavy (non-hydrogen) atoms. The van der Waals surface area contributed by atoms with Crippen LogP contribution in [0.3, 0.4) is 0 Å². The molecule has 2 fully saturated rings. The summed E-state index contributed by atoms with van der Waals surface area (Å²) in [6.45, 7) is 0.487. The Morgan fingerprint density at radius 2 is 1.84 bits per heavy atom. The molecule has 0 aromatic heterocycles. The quantitative estimate of drug-likeness (QED) is 0.490. The fourth-order valence-electron chi connectivity index (χ4n) is 4.41. The number of nitrogens with one attached hydrogen (secondary N) is 1. The first-order chi connectivity index (χ1) is 15.5. The minimum absolute atomic E-state index is 0.0227. The molecule has 168 valence electrons. The van der Waals surface area contributed by atoms with Crippen molar-refractivity contribution in [2.45, 2.75) is 36.0 Å². The van der Waals surface area contributed by atoms with Crippen molar-refractivity contribution in [1.82, 2.24) is 5.32 Å². The lowest BCUT2D eigenvalue weighted by Crippen LogP contribution is -2.46. The van der Waals surface area contributed by atoms with Crippen LogP contribution in [0.4, 0.5) is 5.69 Å². The first-order valence-corrected chi connectivity index (χ1v) is 12.2. The van der Waals surface area contributed by atoms with Gasteiger partial charge in [0.05, 0.1) is 5.92 Å². The lowest BCUT2D eigenvalue weighted by atomic mass is 9.64. The number of hydrogen-bond donors (Lipinski definition) is 1. The van der Waals surface area contributed by atoms with Gasteiger partial charge in [0.25, 0.3) is 5.91 Å². The number of benzene rings is 2. The number of nitrogens with zero attached hydrogens (tertiary/aromatic N) is 1. The van der Waals surface area contributed by atoms with E-state index in [1.807, 2.05) is 48.7 Å². The number of carbonyl (C=O) groups is 3. The molecule has 1 aliphatic carbocycles. The predicted molar refractivity (Wildman–Crippen MR) is 125 cm³/mol. The Balaban J connectivity index is 1.25. The van der Waals surface area contributed by atoms with Gasteiger partial charge in [0.2, 0.25) is 5.91 Å². The Morgan fingerprint density at radius 1 is 1.12 bits per heavy atom. The highest BCUT2D eigenvalue weighted by Gasteiger charge is 2.39. The average Bonchev–Trinajstić information content (AvgIpc) is 3.19. The first kappa shape index (κ1) is 22.4. The van der Waals surface area contributed by atoms with Crippen molar-refractivity contribution in [2.24, 2.45) is 5.92 Å². The number of hydrogen-bond acceptors (Lipinski definition) is 5. The maximum atomic E-state index is 12.5. The smallest absolute Gasteiger partial charge is 0.311 e. The highest BCUT2D eigenvalue weighted by molar-refractivity contribution is 7.98. The van der Waals surface area contributed by atoms with E-state index < -0.39 is 11.9 Å². The summed E-state index contributed by atoms with van der Waals surface area (Å²) in [5.41, 5.74) is 1.98. The van der Waals surface area contributed by atoms with E-state index in [1.165, 1.54) is 5.56 Å². The summed E-state index contributed by atoms with van der Waals surface area (Å²) in [6, 6.07) is 17.9. The molecule has 0 radical (unpaired) electrons. The average molecular weight is 453 g/mol. The molecule has 2 aliphatic rings. The summed E-state index contributed by atoms with van der Waals surface area (Å²) in [7, 11) is 0. The van der Waals surface area contributed by atoms with Gasteiger partial charge in [-0.15, -0.1) is 11.8 Å². The van der Waals surface area contributed by atoms with Gasteiger partial charge in [0, 0.05) is 35.5 Å². The summed E-state index contributed by atoms with van der Waals surface area (Å²) in [5.74, 6) is -1.48. The van der Waals surface area contributed by atoms with E-state index in [9.17, 15) is 14.4 Å². The molecule has 2 aromatic carbocycles. The summed E-state index contributed by atoms with van der Waals surface area (Å²) < 4.78 is 5.25. The Kier molecular flexibility index (Phi) is 6.84. The second kappa shape index (κ2) is 9.77. The minimum Gasteiger partial charge on any atom is -0.455 e. The van der Waals surface area contributed by atoms with Crippen molar-refractivity contribution in [2.75, 3.05) is 30.9 Å².